The quantitative estimate of drug-likeness (QED) is 0.257. The highest BCUT2D eigenvalue weighted by Gasteiger charge is 2.49. The zero-order valence-corrected chi connectivity index (χ0v) is 20.5. The fourth-order valence-corrected chi connectivity index (χ4v) is 5.76. The number of para-hydroxylation sites is 2. The largest absolute Gasteiger partial charge is 0.368 e. The maximum absolute atomic E-state index is 12.9. The molecule has 176 valence electrons. The summed E-state index contributed by atoms with van der Waals surface area (Å²) in [6, 6.07) is 31.4. The molecule has 2 saturated heterocycles. The van der Waals surface area contributed by atoms with Gasteiger partial charge in [-0.3, -0.25) is 4.79 Å². The monoisotopic (exact) mass is 481 g/mol. The maximum Gasteiger partial charge on any atom is 0.248 e. The Hall–Kier alpha value is -3.50. The normalized spacial score (nSPS) is 20.3. The summed E-state index contributed by atoms with van der Waals surface area (Å²) in [5, 5.41) is 1.83. The van der Waals surface area contributed by atoms with Gasteiger partial charge >= 0.3 is 0 Å². The average Bonchev–Trinajstić information content (AvgIpc) is 2.91. The molecule has 4 aromatic rings. The van der Waals surface area contributed by atoms with Crippen LogP contribution in [0.3, 0.4) is 0 Å². The lowest BCUT2D eigenvalue weighted by Crippen LogP contribution is -2.57. The molecular formula is C30H28ClN3O. The molecule has 0 spiro atoms. The Bertz CT molecular complexity index is 1370. The highest BCUT2D eigenvalue weighted by Crippen LogP contribution is 2.46. The minimum Gasteiger partial charge on any atom is -0.368 e. The second-order valence-electron chi connectivity index (χ2n) is 9.46. The number of hydrogen-bond donors (Lipinski definition) is 0. The fraction of sp³-hybridized carbons (Fsp3) is 0.233. The van der Waals surface area contributed by atoms with E-state index in [1.54, 1.807) is 0 Å². The van der Waals surface area contributed by atoms with Gasteiger partial charge < -0.3 is 14.7 Å². The molecule has 2 aliphatic heterocycles. The molecule has 0 saturated carbocycles. The fourth-order valence-electron chi connectivity index (χ4n) is 5.40. The molecule has 2 heterocycles. The van der Waals surface area contributed by atoms with Gasteiger partial charge in [0.25, 0.3) is 0 Å². The third kappa shape index (κ3) is 3.92. The van der Waals surface area contributed by atoms with Crippen LogP contribution in [0, 0.1) is 6.92 Å². The number of alkyl halides is 1. The number of hydrogen-bond acceptors (Lipinski definition) is 3. The standard InChI is InChI=1S/C30H28ClN3O/c1-21-12-13-22-20-27(33-16-14-32(15-17-33)24-8-4-2-5-9-24)26(19-23(22)18-21)29-28(31)30(35)34(29)25-10-6-3-7-11-25/h2-13,18-20,28-29H,14-17H2,1H3/t28-,29-/m1/s1. The summed E-state index contributed by atoms with van der Waals surface area (Å²) in [5.41, 5.74) is 5.68. The van der Waals surface area contributed by atoms with Crippen LogP contribution in [-0.4, -0.2) is 37.5 Å². The van der Waals surface area contributed by atoms with Gasteiger partial charge in [0.05, 0.1) is 6.04 Å². The van der Waals surface area contributed by atoms with Crippen molar-refractivity contribution in [2.75, 3.05) is 40.9 Å². The Labute approximate surface area is 211 Å². The third-order valence-electron chi connectivity index (χ3n) is 7.26. The first kappa shape index (κ1) is 22.0. The number of β-lactam (4-membered cyclic amide) rings is 1. The van der Waals surface area contributed by atoms with Crippen molar-refractivity contribution in [3.63, 3.8) is 0 Å². The summed E-state index contributed by atoms with van der Waals surface area (Å²) in [7, 11) is 0. The molecule has 0 bridgehead atoms. The van der Waals surface area contributed by atoms with Crippen LogP contribution in [0.2, 0.25) is 0 Å². The van der Waals surface area contributed by atoms with Crippen molar-refractivity contribution in [3.8, 4) is 0 Å². The molecule has 0 unspecified atom stereocenters. The average molecular weight is 482 g/mol. The van der Waals surface area contributed by atoms with E-state index in [1.807, 2.05) is 35.2 Å². The molecule has 0 aromatic heterocycles. The molecule has 2 atom stereocenters. The second-order valence-corrected chi connectivity index (χ2v) is 9.93. The summed E-state index contributed by atoms with van der Waals surface area (Å²) in [4.78, 5) is 19.7. The van der Waals surface area contributed by atoms with Gasteiger partial charge in [-0.25, -0.2) is 0 Å². The van der Waals surface area contributed by atoms with Crippen molar-refractivity contribution in [3.05, 3.63) is 102 Å². The molecular weight excluding hydrogens is 454 g/mol. The van der Waals surface area contributed by atoms with Gasteiger partial charge in [-0.15, -0.1) is 11.6 Å². The molecule has 6 rings (SSSR count). The molecule has 35 heavy (non-hydrogen) atoms. The SMILES string of the molecule is Cc1ccc2cc(N3CCN(c4ccccc4)CC3)c([C@@H]3[C@@H](Cl)C(=O)N3c3ccccc3)cc2c1. The van der Waals surface area contributed by atoms with E-state index in [-0.39, 0.29) is 11.9 Å². The van der Waals surface area contributed by atoms with Gasteiger partial charge in [-0.2, -0.15) is 0 Å². The number of amides is 1. The van der Waals surface area contributed by atoms with Gasteiger partial charge in [0, 0.05) is 48.8 Å². The predicted octanol–water partition coefficient (Wildman–Crippen LogP) is 6.17. The van der Waals surface area contributed by atoms with Crippen molar-refractivity contribution < 1.29 is 4.79 Å². The number of fused-ring (bicyclic) bond motifs is 1. The van der Waals surface area contributed by atoms with E-state index in [9.17, 15) is 4.79 Å². The molecule has 5 heteroatoms. The first-order valence-electron chi connectivity index (χ1n) is 12.2. The highest BCUT2D eigenvalue weighted by atomic mass is 35.5. The number of carbonyl (C=O) groups excluding carboxylic acids is 1. The Balaban J connectivity index is 1.39. The van der Waals surface area contributed by atoms with E-state index in [0.717, 1.165) is 37.4 Å². The molecule has 1 amide bonds. The first-order valence-corrected chi connectivity index (χ1v) is 12.7. The van der Waals surface area contributed by atoms with Crippen LogP contribution in [0.15, 0.2) is 91.0 Å². The molecule has 0 N–H and O–H groups in total. The van der Waals surface area contributed by atoms with Crippen LogP contribution in [0.25, 0.3) is 10.8 Å². The van der Waals surface area contributed by atoms with Crippen LogP contribution in [0.4, 0.5) is 17.1 Å². The van der Waals surface area contributed by atoms with Crippen LogP contribution in [-0.2, 0) is 4.79 Å². The minimum atomic E-state index is -0.568. The van der Waals surface area contributed by atoms with E-state index in [0.29, 0.717) is 0 Å². The van der Waals surface area contributed by atoms with Crippen molar-refractivity contribution in [1.29, 1.82) is 0 Å². The highest BCUT2D eigenvalue weighted by molar-refractivity contribution is 6.37. The van der Waals surface area contributed by atoms with Crippen LogP contribution in [0.1, 0.15) is 17.2 Å². The van der Waals surface area contributed by atoms with Gasteiger partial charge in [0.15, 0.2) is 0 Å². The van der Waals surface area contributed by atoms with E-state index in [4.69, 9.17) is 11.6 Å². The molecule has 0 aliphatic carbocycles. The Morgan fingerprint density at radius 2 is 1.34 bits per heavy atom. The van der Waals surface area contributed by atoms with Crippen LogP contribution in [0.5, 0.6) is 0 Å². The lowest BCUT2D eigenvalue weighted by atomic mass is 9.88. The number of anilines is 3. The lowest BCUT2D eigenvalue weighted by Gasteiger charge is -2.47. The second kappa shape index (κ2) is 8.94. The number of halogens is 1. The molecule has 2 fully saturated rings. The first-order chi connectivity index (χ1) is 17.1. The van der Waals surface area contributed by atoms with Crippen molar-refractivity contribution in [1.82, 2.24) is 0 Å². The van der Waals surface area contributed by atoms with Gasteiger partial charge in [0.2, 0.25) is 5.91 Å². The van der Waals surface area contributed by atoms with Crippen molar-refractivity contribution in [2.45, 2.75) is 18.3 Å². The topological polar surface area (TPSA) is 26.8 Å². The summed E-state index contributed by atoms with van der Waals surface area (Å²) >= 11 is 6.72. The van der Waals surface area contributed by atoms with E-state index < -0.39 is 5.38 Å². The van der Waals surface area contributed by atoms with Crippen molar-refractivity contribution in [2.24, 2.45) is 0 Å². The lowest BCUT2D eigenvalue weighted by molar-refractivity contribution is -0.123. The third-order valence-corrected chi connectivity index (χ3v) is 7.69. The zero-order valence-electron chi connectivity index (χ0n) is 19.8. The predicted molar refractivity (Wildman–Crippen MR) is 146 cm³/mol. The summed E-state index contributed by atoms with van der Waals surface area (Å²) < 4.78 is 0. The smallest absolute Gasteiger partial charge is 0.248 e. The zero-order chi connectivity index (χ0) is 23.9. The minimum absolute atomic E-state index is 0.0351. The number of benzene rings is 4. The van der Waals surface area contributed by atoms with Gasteiger partial charge in [0.1, 0.15) is 5.38 Å². The molecule has 4 nitrogen and oxygen atoms in total. The summed E-state index contributed by atoms with van der Waals surface area (Å²) in [6.07, 6.45) is 0. The van der Waals surface area contributed by atoms with Crippen LogP contribution >= 0.6 is 11.6 Å². The summed E-state index contributed by atoms with van der Waals surface area (Å²) in [6.45, 7) is 5.84. The maximum atomic E-state index is 12.9. The number of piperazine rings is 1. The Morgan fingerprint density at radius 1 is 0.714 bits per heavy atom. The Morgan fingerprint density at radius 3 is 2.03 bits per heavy atom. The van der Waals surface area contributed by atoms with E-state index in [2.05, 4.69) is 77.4 Å². The van der Waals surface area contributed by atoms with Gasteiger partial charge in [-0.05, 0) is 54.1 Å². The van der Waals surface area contributed by atoms with Gasteiger partial charge in [-0.1, -0.05) is 60.2 Å². The van der Waals surface area contributed by atoms with E-state index in [1.165, 1.54) is 27.7 Å². The number of nitrogens with zero attached hydrogens (tertiary/aromatic N) is 3. The Kier molecular flexibility index (Phi) is 5.62. The number of aryl methyl sites for hydroxylation is 1. The molecule has 4 aromatic carbocycles. The number of carbonyl (C=O) groups is 1. The molecule has 2 aliphatic rings. The number of rotatable bonds is 4. The van der Waals surface area contributed by atoms with Crippen molar-refractivity contribution >= 4 is 45.3 Å². The summed E-state index contributed by atoms with van der Waals surface area (Å²) in [5.74, 6) is -0.0351. The van der Waals surface area contributed by atoms with Crippen LogP contribution < -0.4 is 14.7 Å². The van der Waals surface area contributed by atoms with E-state index >= 15 is 0 Å². The molecule has 0 radical (unpaired) electrons.